The highest BCUT2D eigenvalue weighted by Crippen LogP contribution is 2.11. The third-order valence-corrected chi connectivity index (χ3v) is 4.91. The zero-order valence-electron chi connectivity index (χ0n) is 17.1. The average molecular weight is 414 g/mol. The molecule has 0 aromatic heterocycles. The number of hydrogen-bond acceptors (Lipinski definition) is 4. The lowest BCUT2D eigenvalue weighted by Gasteiger charge is -2.35. The molecule has 3 rings (SSSR count). The largest absolute Gasteiger partial charge is 0.492 e. The molecule has 1 N–H and O–H groups in total. The molecule has 8 heteroatoms. The van der Waals surface area contributed by atoms with E-state index < -0.39 is 0 Å². The molecule has 2 aromatic carbocycles. The van der Waals surface area contributed by atoms with Crippen molar-refractivity contribution in [2.45, 2.75) is 0 Å². The molecule has 0 spiro atoms. The fraction of sp³-hybridized carbons (Fsp3) is 0.364. The third-order valence-electron chi connectivity index (χ3n) is 4.91. The lowest BCUT2D eigenvalue weighted by molar-refractivity contribution is -0.133. The molecule has 160 valence electrons. The Labute approximate surface area is 176 Å². The molecule has 0 unspecified atom stereocenters. The number of nitrogens with zero attached hydrogens (tertiary/aromatic N) is 3. The van der Waals surface area contributed by atoms with Gasteiger partial charge in [0.1, 0.15) is 18.2 Å². The summed E-state index contributed by atoms with van der Waals surface area (Å²) in [5.74, 6) is 0.325. The number of hydrogen-bond donors (Lipinski definition) is 1. The first-order valence-electron chi connectivity index (χ1n) is 9.97. The van der Waals surface area contributed by atoms with Gasteiger partial charge in [0.05, 0.1) is 6.54 Å². The van der Waals surface area contributed by atoms with Gasteiger partial charge in [-0.1, -0.05) is 18.2 Å². The second-order valence-electron chi connectivity index (χ2n) is 7.20. The van der Waals surface area contributed by atoms with Crippen LogP contribution in [0, 0.1) is 5.82 Å². The fourth-order valence-electron chi connectivity index (χ4n) is 3.14. The van der Waals surface area contributed by atoms with Crippen molar-refractivity contribution in [1.29, 1.82) is 0 Å². The zero-order chi connectivity index (χ0) is 21.3. The summed E-state index contributed by atoms with van der Waals surface area (Å²) in [6.07, 6.45) is 0. The van der Waals surface area contributed by atoms with E-state index >= 15 is 0 Å². The van der Waals surface area contributed by atoms with E-state index in [1.54, 1.807) is 21.9 Å². The van der Waals surface area contributed by atoms with Gasteiger partial charge in [0, 0.05) is 38.4 Å². The van der Waals surface area contributed by atoms with Crippen LogP contribution in [0.1, 0.15) is 0 Å². The molecule has 1 saturated heterocycles. The first-order valence-corrected chi connectivity index (χ1v) is 9.97. The highest BCUT2D eigenvalue weighted by molar-refractivity contribution is 5.89. The maximum absolute atomic E-state index is 12.9. The fourth-order valence-corrected chi connectivity index (χ4v) is 3.14. The maximum atomic E-state index is 12.9. The molecule has 3 amide bonds. The van der Waals surface area contributed by atoms with Crippen molar-refractivity contribution in [3.8, 4) is 5.75 Å². The first-order chi connectivity index (χ1) is 14.5. The minimum atomic E-state index is -0.303. The van der Waals surface area contributed by atoms with E-state index in [9.17, 15) is 14.0 Å². The Kier molecular flexibility index (Phi) is 7.62. The highest BCUT2D eigenvalue weighted by Gasteiger charge is 2.24. The van der Waals surface area contributed by atoms with Crippen molar-refractivity contribution in [3.05, 3.63) is 60.4 Å². The summed E-state index contributed by atoms with van der Waals surface area (Å²) in [7, 11) is 1.86. The van der Waals surface area contributed by atoms with Crippen LogP contribution >= 0.6 is 0 Å². The van der Waals surface area contributed by atoms with Crippen LogP contribution in [0.25, 0.3) is 0 Å². The Bertz CT molecular complexity index is 824. The summed E-state index contributed by atoms with van der Waals surface area (Å²) in [6, 6.07) is 15.0. The SMILES string of the molecule is CN(CCOc1ccc(F)cc1)CC(=O)N1CCN(C(=O)Nc2ccccc2)CC1. The highest BCUT2D eigenvalue weighted by atomic mass is 19.1. The summed E-state index contributed by atoms with van der Waals surface area (Å²) >= 11 is 0. The molecular formula is C22H27FN4O3. The van der Waals surface area contributed by atoms with Gasteiger partial charge in [-0.05, 0) is 43.4 Å². The second kappa shape index (κ2) is 10.6. The van der Waals surface area contributed by atoms with Crippen LogP contribution < -0.4 is 10.1 Å². The first kappa shape index (κ1) is 21.6. The summed E-state index contributed by atoms with van der Waals surface area (Å²) in [6.45, 7) is 3.29. The van der Waals surface area contributed by atoms with Crippen LogP contribution in [0.3, 0.4) is 0 Å². The van der Waals surface area contributed by atoms with E-state index in [0.29, 0.717) is 45.1 Å². The predicted molar refractivity (Wildman–Crippen MR) is 113 cm³/mol. The molecule has 0 aliphatic carbocycles. The van der Waals surface area contributed by atoms with Crippen LogP contribution in [0.15, 0.2) is 54.6 Å². The van der Waals surface area contributed by atoms with E-state index in [1.807, 2.05) is 42.3 Å². The number of benzene rings is 2. The summed E-state index contributed by atoms with van der Waals surface area (Å²) in [5, 5.41) is 2.87. The van der Waals surface area contributed by atoms with Crippen LogP contribution in [0.4, 0.5) is 14.9 Å². The van der Waals surface area contributed by atoms with Crippen LogP contribution in [-0.4, -0.2) is 79.6 Å². The molecule has 0 radical (unpaired) electrons. The number of carbonyl (C=O) groups is 2. The molecule has 2 aromatic rings. The van der Waals surface area contributed by atoms with Gasteiger partial charge in [0.25, 0.3) is 0 Å². The molecule has 1 aliphatic rings. The zero-order valence-corrected chi connectivity index (χ0v) is 17.1. The molecule has 0 atom stereocenters. The third kappa shape index (κ3) is 6.45. The Hall–Kier alpha value is -3.13. The molecule has 30 heavy (non-hydrogen) atoms. The number of ether oxygens (including phenoxy) is 1. The Morgan fingerprint density at radius 1 is 1.00 bits per heavy atom. The minimum absolute atomic E-state index is 0.0300. The quantitative estimate of drug-likeness (QED) is 0.756. The van der Waals surface area contributed by atoms with Gasteiger partial charge in [0.15, 0.2) is 0 Å². The van der Waals surface area contributed by atoms with Gasteiger partial charge in [-0.25, -0.2) is 9.18 Å². The summed E-state index contributed by atoms with van der Waals surface area (Å²) in [4.78, 5) is 30.3. The average Bonchev–Trinajstić information content (AvgIpc) is 2.76. The molecule has 1 aliphatic heterocycles. The van der Waals surface area contributed by atoms with Crippen molar-refractivity contribution in [2.75, 3.05) is 58.2 Å². The molecular weight excluding hydrogens is 387 g/mol. The minimum Gasteiger partial charge on any atom is -0.492 e. The molecule has 0 saturated carbocycles. The smallest absolute Gasteiger partial charge is 0.321 e. The summed E-state index contributed by atoms with van der Waals surface area (Å²) < 4.78 is 18.5. The molecule has 0 bridgehead atoms. The van der Waals surface area contributed by atoms with Gasteiger partial charge in [-0.3, -0.25) is 9.69 Å². The standard InChI is InChI=1S/C22H27FN4O3/c1-25(15-16-30-20-9-7-18(23)8-10-20)17-21(28)26-11-13-27(14-12-26)22(29)24-19-5-3-2-4-6-19/h2-10H,11-17H2,1H3,(H,24,29). The molecule has 7 nitrogen and oxygen atoms in total. The van der Waals surface area contributed by atoms with E-state index in [4.69, 9.17) is 4.74 Å². The number of urea groups is 1. The number of likely N-dealkylation sites (N-methyl/N-ethyl adjacent to an activating group) is 1. The van der Waals surface area contributed by atoms with Crippen molar-refractivity contribution >= 4 is 17.6 Å². The van der Waals surface area contributed by atoms with Crippen molar-refractivity contribution in [2.24, 2.45) is 0 Å². The van der Waals surface area contributed by atoms with Gasteiger partial charge < -0.3 is 19.9 Å². The van der Waals surface area contributed by atoms with Gasteiger partial charge in [0.2, 0.25) is 5.91 Å². The lowest BCUT2D eigenvalue weighted by Crippen LogP contribution is -2.53. The van der Waals surface area contributed by atoms with Gasteiger partial charge in [-0.15, -0.1) is 0 Å². The number of halogens is 1. The number of amides is 3. The number of nitrogens with one attached hydrogen (secondary N) is 1. The number of rotatable bonds is 7. The number of anilines is 1. The number of para-hydroxylation sites is 1. The monoisotopic (exact) mass is 414 g/mol. The lowest BCUT2D eigenvalue weighted by atomic mass is 10.3. The Morgan fingerprint density at radius 3 is 2.30 bits per heavy atom. The van der Waals surface area contributed by atoms with E-state index in [0.717, 1.165) is 5.69 Å². The normalized spacial score (nSPS) is 14.0. The van der Waals surface area contributed by atoms with Crippen molar-refractivity contribution in [3.63, 3.8) is 0 Å². The van der Waals surface area contributed by atoms with Crippen LogP contribution in [-0.2, 0) is 4.79 Å². The maximum Gasteiger partial charge on any atom is 0.321 e. The summed E-state index contributed by atoms with van der Waals surface area (Å²) in [5.41, 5.74) is 0.755. The van der Waals surface area contributed by atoms with Crippen molar-refractivity contribution in [1.82, 2.24) is 14.7 Å². The molecule has 1 heterocycles. The van der Waals surface area contributed by atoms with Crippen LogP contribution in [0.5, 0.6) is 5.75 Å². The van der Waals surface area contributed by atoms with Crippen LogP contribution in [0.2, 0.25) is 0 Å². The van der Waals surface area contributed by atoms with E-state index in [1.165, 1.54) is 12.1 Å². The predicted octanol–water partition coefficient (Wildman–Crippen LogP) is 2.51. The topological polar surface area (TPSA) is 65.1 Å². The van der Waals surface area contributed by atoms with Gasteiger partial charge >= 0.3 is 6.03 Å². The molecule has 1 fully saturated rings. The number of carbonyl (C=O) groups excluding carboxylic acids is 2. The Balaban J connectivity index is 1.35. The van der Waals surface area contributed by atoms with E-state index in [-0.39, 0.29) is 24.3 Å². The number of piperazine rings is 1. The van der Waals surface area contributed by atoms with Crippen molar-refractivity contribution < 1.29 is 18.7 Å². The Morgan fingerprint density at radius 2 is 1.63 bits per heavy atom. The van der Waals surface area contributed by atoms with Gasteiger partial charge in [-0.2, -0.15) is 0 Å². The second-order valence-corrected chi connectivity index (χ2v) is 7.20. The van der Waals surface area contributed by atoms with E-state index in [2.05, 4.69) is 5.32 Å².